The molecule has 2 aliphatic heterocycles. The fourth-order valence-corrected chi connectivity index (χ4v) is 3.02. The number of quaternary nitrogens is 3. The monoisotopic (exact) mass is 305 g/mol. The number of hydrogen-bond donors (Lipinski definition) is 3. The second-order valence-electron chi connectivity index (χ2n) is 4.90. The third kappa shape index (κ3) is 5.95. The van der Waals surface area contributed by atoms with E-state index in [-0.39, 0.29) is 37.2 Å². The molecule has 0 bridgehead atoms. The van der Waals surface area contributed by atoms with E-state index < -0.39 is 0 Å². The first-order valence-electron chi connectivity index (χ1n) is 6.40. The molecule has 0 aromatic heterocycles. The predicted molar refractivity (Wildman–Crippen MR) is 56.6 cm³/mol. The van der Waals surface area contributed by atoms with E-state index in [1.165, 1.54) is 58.7 Å². The summed E-state index contributed by atoms with van der Waals surface area (Å²) < 4.78 is 0. The standard InChI is InChI=1S/C11H23N3.3ClH/c1-2-13-7-9-14(10-8-13)11-3-5-12-6-4-11;;;/h11-12H,2-10H2,1H3;3*1H. The zero-order chi connectivity index (χ0) is 9.80. The summed E-state index contributed by atoms with van der Waals surface area (Å²) in [4.78, 5) is 3.73. The third-order valence-electron chi connectivity index (χ3n) is 4.12. The van der Waals surface area contributed by atoms with Crippen molar-refractivity contribution >= 4 is 0 Å². The highest BCUT2D eigenvalue weighted by Crippen LogP contribution is 1.93. The van der Waals surface area contributed by atoms with Gasteiger partial charge in [-0.15, -0.1) is 0 Å². The molecule has 0 spiro atoms. The van der Waals surface area contributed by atoms with Crippen LogP contribution in [0.25, 0.3) is 0 Å². The van der Waals surface area contributed by atoms with Crippen LogP contribution in [0.2, 0.25) is 0 Å². The van der Waals surface area contributed by atoms with Crippen LogP contribution in [-0.2, 0) is 0 Å². The maximum absolute atomic E-state index is 2.48. The van der Waals surface area contributed by atoms with E-state index >= 15 is 0 Å². The molecule has 17 heavy (non-hydrogen) atoms. The van der Waals surface area contributed by atoms with Gasteiger partial charge in [0.1, 0.15) is 26.2 Å². The highest BCUT2D eigenvalue weighted by Gasteiger charge is 2.30. The molecule has 0 unspecified atom stereocenters. The largest absolute Gasteiger partial charge is 1.00 e. The number of likely N-dealkylation sites (N-methyl/N-ethyl adjacent to an activating group) is 1. The summed E-state index contributed by atoms with van der Waals surface area (Å²) in [6.45, 7) is 12.1. The summed E-state index contributed by atoms with van der Waals surface area (Å²) in [5, 5.41) is 2.48. The highest BCUT2D eigenvalue weighted by molar-refractivity contribution is 4.59. The fourth-order valence-electron chi connectivity index (χ4n) is 3.02. The molecule has 106 valence electrons. The number of halogens is 3. The first kappa shape index (κ1) is 20.1. The second-order valence-corrected chi connectivity index (χ2v) is 4.90. The third-order valence-corrected chi connectivity index (χ3v) is 4.12. The van der Waals surface area contributed by atoms with Gasteiger partial charge >= 0.3 is 0 Å². The molecule has 2 rings (SSSR count). The normalized spacial score (nSPS) is 29.5. The predicted octanol–water partition coefficient (Wildman–Crippen LogP) is -12.5. The van der Waals surface area contributed by atoms with Crippen LogP contribution >= 0.6 is 0 Å². The summed E-state index contributed by atoms with van der Waals surface area (Å²) in [6, 6.07) is 0.999. The maximum atomic E-state index is 2.48. The Hall–Kier alpha value is 0.750. The molecule has 0 aromatic carbocycles. The van der Waals surface area contributed by atoms with Gasteiger partial charge in [-0.25, -0.2) is 0 Å². The Morgan fingerprint density at radius 1 is 0.941 bits per heavy atom. The zero-order valence-electron chi connectivity index (χ0n) is 10.7. The number of piperidine rings is 1. The minimum absolute atomic E-state index is 0. The summed E-state index contributed by atoms with van der Waals surface area (Å²) in [7, 11) is 0. The van der Waals surface area contributed by atoms with Crippen molar-refractivity contribution in [3.8, 4) is 0 Å². The van der Waals surface area contributed by atoms with Gasteiger partial charge in [0.25, 0.3) is 0 Å². The smallest absolute Gasteiger partial charge is 0.127 e. The lowest BCUT2D eigenvalue weighted by Crippen LogP contribution is -3.30. The van der Waals surface area contributed by atoms with E-state index in [2.05, 4.69) is 12.2 Å². The molecular formula is C11H26Cl3N3. The van der Waals surface area contributed by atoms with E-state index in [4.69, 9.17) is 0 Å². The van der Waals surface area contributed by atoms with Crippen LogP contribution in [0.3, 0.4) is 0 Å². The summed E-state index contributed by atoms with van der Waals surface area (Å²) in [5.74, 6) is 0. The van der Waals surface area contributed by atoms with Gasteiger partial charge in [0.2, 0.25) is 0 Å². The Bertz CT molecular complexity index is 169. The Morgan fingerprint density at radius 2 is 1.47 bits per heavy atom. The van der Waals surface area contributed by atoms with E-state index in [0.717, 1.165) is 6.04 Å². The van der Waals surface area contributed by atoms with E-state index in [9.17, 15) is 0 Å². The van der Waals surface area contributed by atoms with Crippen LogP contribution in [0.15, 0.2) is 0 Å². The number of piperazine rings is 1. The van der Waals surface area contributed by atoms with E-state index in [0.29, 0.717) is 0 Å². The summed E-state index contributed by atoms with van der Waals surface area (Å²) in [6.07, 6.45) is 2.91. The van der Waals surface area contributed by atoms with Gasteiger partial charge in [0.15, 0.2) is 0 Å². The molecule has 0 aliphatic carbocycles. The Balaban J connectivity index is 0. The average Bonchev–Trinajstić information content (AvgIpc) is 2.30. The van der Waals surface area contributed by atoms with Crippen molar-refractivity contribution in [1.82, 2.24) is 0 Å². The molecule has 2 aliphatic rings. The minimum atomic E-state index is 0. The Morgan fingerprint density at radius 3 is 1.94 bits per heavy atom. The van der Waals surface area contributed by atoms with E-state index in [1.807, 2.05) is 9.80 Å². The van der Waals surface area contributed by atoms with Gasteiger partial charge in [0.05, 0.1) is 25.7 Å². The van der Waals surface area contributed by atoms with Crippen molar-refractivity contribution in [3.63, 3.8) is 0 Å². The molecule has 2 fully saturated rings. The van der Waals surface area contributed by atoms with Gasteiger partial charge in [-0.3, -0.25) is 0 Å². The van der Waals surface area contributed by atoms with Gasteiger partial charge in [-0.05, 0) is 6.92 Å². The molecular weight excluding hydrogens is 281 g/mol. The quantitative estimate of drug-likeness (QED) is 0.452. The van der Waals surface area contributed by atoms with Gasteiger partial charge in [-0.2, -0.15) is 0 Å². The zero-order valence-corrected chi connectivity index (χ0v) is 12.9. The van der Waals surface area contributed by atoms with Crippen LogP contribution < -0.4 is 52.3 Å². The van der Waals surface area contributed by atoms with Crippen LogP contribution in [0.4, 0.5) is 0 Å². The number of rotatable bonds is 2. The highest BCUT2D eigenvalue weighted by atomic mass is 35.5. The van der Waals surface area contributed by atoms with Crippen molar-refractivity contribution in [2.24, 2.45) is 0 Å². The molecule has 2 saturated heterocycles. The van der Waals surface area contributed by atoms with Crippen molar-refractivity contribution in [2.45, 2.75) is 25.8 Å². The lowest BCUT2D eigenvalue weighted by Gasteiger charge is -2.35. The van der Waals surface area contributed by atoms with Gasteiger partial charge in [0, 0.05) is 12.8 Å². The SMILES string of the molecule is CC[NH+]1CC[NH+](C2CC[NH2+]CC2)CC1.[Cl-].[Cl-].[Cl-]. The molecule has 3 nitrogen and oxygen atoms in total. The molecule has 4 N–H and O–H groups in total. The van der Waals surface area contributed by atoms with Crippen LogP contribution in [0.1, 0.15) is 19.8 Å². The van der Waals surface area contributed by atoms with Crippen LogP contribution in [-0.4, -0.2) is 51.9 Å². The second kappa shape index (κ2) is 10.7. The fraction of sp³-hybridized carbons (Fsp3) is 1.00. The van der Waals surface area contributed by atoms with Crippen molar-refractivity contribution in [1.29, 1.82) is 0 Å². The molecule has 0 radical (unpaired) electrons. The van der Waals surface area contributed by atoms with Crippen molar-refractivity contribution in [2.75, 3.05) is 45.8 Å². The van der Waals surface area contributed by atoms with Gasteiger partial charge < -0.3 is 52.3 Å². The topological polar surface area (TPSA) is 25.5 Å². The minimum Gasteiger partial charge on any atom is -1.00 e. The number of hydrogen-bond acceptors (Lipinski definition) is 0. The Kier molecular flexibility index (Phi) is 12.6. The lowest BCUT2D eigenvalue weighted by molar-refractivity contribution is -1.03. The molecule has 6 heteroatoms. The molecule has 0 atom stereocenters. The van der Waals surface area contributed by atoms with Crippen LogP contribution in [0, 0.1) is 0 Å². The average molecular weight is 307 g/mol. The number of nitrogens with two attached hydrogens (primary N) is 1. The van der Waals surface area contributed by atoms with Gasteiger partial charge in [-0.1, -0.05) is 0 Å². The van der Waals surface area contributed by atoms with Crippen molar-refractivity contribution in [3.05, 3.63) is 0 Å². The van der Waals surface area contributed by atoms with Crippen molar-refractivity contribution < 1.29 is 52.3 Å². The Labute approximate surface area is 124 Å². The molecule has 2 heterocycles. The van der Waals surface area contributed by atoms with E-state index in [1.54, 1.807) is 0 Å². The molecule has 0 amide bonds. The summed E-state index contributed by atoms with van der Waals surface area (Å²) >= 11 is 0. The maximum Gasteiger partial charge on any atom is 0.127 e. The number of nitrogens with one attached hydrogen (secondary N) is 2. The van der Waals surface area contributed by atoms with Crippen LogP contribution in [0.5, 0.6) is 0 Å². The molecule has 0 saturated carbocycles. The molecule has 0 aromatic rings. The summed E-state index contributed by atoms with van der Waals surface area (Å²) in [5.41, 5.74) is 0. The lowest BCUT2D eigenvalue weighted by atomic mass is 10.0. The first-order valence-corrected chi connectivity index (χ1v) is 6.40. The first-order chi connectivity index (χ1) is 6.90.